The van der Waals surface area contributed by atoms with Crippen molar-refractivity contribution in [2.24, 2.45) is 5.92 Å². The van der Waals surface area contributed by atoms with Gasteiger partial charge in [0.05, 0.1) is 10.8 Å². The van der Waals surface area contributed by atoms with Gasteiger partial charge in [-0.15, -0.1) is 0 Å². The fourth-order valence-corrected chi connectivity index (χ4v) is 5.66. The number of sulfonamides is 1. The van der Waals surface area contributed by atoms with Gasteiger partial charge in [-0.3, -0.25) is 9.59 Å². The van der Waals surface area contributed by atoms with Gasteiger partial charge < -0.3 is 10.2 Å². The van der Waals surface area contributed by atoms with E-state index in [1.54, 1.807) is 21.3 Å². The van der Waals surface area contributed by atoms with Crippen molar-refractivity contribution >= 4 is 21.8 Å². The van der Waals surface area contributed by atoms with E-state index >= 15 is 0 Å². The van der Waals surface area contributed by atoms with E-state index < -0.39 is 10.0 Å². The lowest BCUT2D eigenvalue weighted by Crippen LogP contribution is -2.36. The van der Waals surface area contributed by atoms with Crippen molar-refractivity contribution in [3.8, 4) is 0 Å². The Kier molecular flexibility index (Phi) is 7.52. The summed E-state index contributed by atoms with van der Waals surface area (Å²) in [5, 5.41) is 2.91. The first-order valence-corrected chi connectivity index (χ1v) is 12.4. The van der Waals surface area contributed by atoms with Gasteiger partial charge in [-0.25, -0.2) is 8.42 Å². The van der Waals surface area contributed by atoms with Gasteiger partial charge in [-0.2, -0.15) is 4.31 Å². The number of rotatable bonds is 7. The molecule has 8 heteroatoms. The van der Waals surface area contributed by atoms with Crippen molar-refractivity contribution in [2.75, 3.05) is 26.2 Å². The molecule has 2 aliphatic rings. The molecule has 2 aliphatic heterocycles. The molecule has 0 bridgehead atoms. The van der Waals surface area contributed by atoms with Crippen LogP contribution in [0.4, 0.5) is 0 Å². The van der Waals surface area contributed by atoms with Gasteiger partial charge in [0.15, 0.2) is 0 Å². The number of amides is 2. The summed E-state index contributed by atoms with van der Waals surface area (Å²) in [6.45, 7) is 6.03. The third-order valence-corrected chi connectivity index (χ3v) is 7.90. The fraction of sp³-hybridized carbons (Fsp3) is 0.636. The van der Waals surface area contributed by atoms with Crippen LogP contribution in [0.2, 0.25) is 0 Å². The van der Waals surface area contributed by atoms with Crippen molar-refractivity contribution in [1.29, 1.82) is 0 Å². The lowest BCUT2D eigenvalue weighted by atomic mass is 10.1. The molecule has 3 rings (SSSR count). The molecule has 1 aromatic carbocycles. The molecule has 1 unspecified atom stereocenters. The summed E-state index contributed by atoms with van der Waals surface area (Å²) < 4.78 is 27.3. The third kappa shape index (κ3) is 5.40. The van der Waals surface area contributed by atoms with E-state index in [2.05, 4.69) is 5.32 Å². The predicted octanol–water partition coefficient (Wildman–Crippen LogP) is 2.17. The molecule has 1 atom stereocenters. The molecule has 2 saturated heterocycles. The Morgan fingerprint density at radius 3 is 2.30 bits per heavy atom. The first kappa shape index (κ1) is 22.7. The fourth-order valence-electron chi connectivity index (χ4n) is 4.14. The minimum absolute atomic E-state index is 0.0337. The van der Waals surface area contributed by atoms with Gasteiger partial charge in [0, 0.05) is 38.6 Å². The lowest BCUT2D eigenvalue weighted by Gasteiger charge is -2.20. The molecule has 0 radical (unpaired) electrons. The quantitative estimate of drug-likeness (QED) is 0.711. The highest BCUT2D eigenvalue weighted by atomic mass is 32.2. The van der Waals surface area contributed by atoms with E-state index in [0.717, 1.165) is 31.2 Å². The second-order valence-electron chi connectivity index (χ2n) is 8.54. The lowest BCUT2D eigenvalue weighted by molar-refractivity contribution is -0.129. The highest BCUT2D eigenvalue weighted by molar-refractivity contribution is 7.89. The zero-order valence-corrected chi connectivity index (χ0v) is 18.8. The van der Waals surface area contributed by atoms with Crippen molar-refractivity contribution in [2.45, 2.75) is 63.3 Å². The average molecular weight is 436 g/mol. The Balaban J connectivity index is 1.50. The molecular weight excluding hydrogens is 402 g/mol. The normalized spacial score (nSPS) is 21.1. The Morgan fingerprint density at radius 1 is 1.10 bits per heavy atom. The van der Waals surface area contributed by atoms with Gasteiger partial charge in [0.2, 0.25) is 21.8 Å². The van der Waals surface area contributed by atoms with Crippen molar-refractivity contribution < 1.29 is 18.0 Å². The molecule has 0 saturated carbocycles. The Morgan fingerprint density at radius 2 is 1.73 bits per heavy atom. The van der Waals surface area contributed by atoms with Crippen LogP contribution in [0.25, 0.3) is 0 Å². The standard InChI is InChI=1S/C22H33N3O4S/c1-17(2)25-16-19(15-21(25)26)22(27)23-12-11-18-7-9-20(10-8-18)30(28,29)24-13-5-3-4-6-14-24/h7-10,17,19H,3-6,11-16H2,1-2H3,(H,23,27). The number of nitrogens with zero attached hydrogens (tertiary/aromatic N) is 2. The molecule has 30 heavy (non-hydrogen) atoms. The van der Waals surface area contributed by atoms with Gasteiger partial charge in [0.25, 0.3) is 0 Å². The van der Waals surface area contributed by atoms with Gasteiger partial charge in [0.1, 0.15) is 0 Å². The molecule has 0 spiro atoms. The van der Waals surface area contributed by atoms with Crippen LogP contribution in [-0.4, -0.2) is 61.7 Å². The highest BCUT2D eigenvalue weighted by Gasteiger charge is 2.35. The predicted molar refractivity (Wildman–Crippen MR) is 115 cm³/mol. The molecule has 2 fully saturated rings. The van der Waals surface area contributed by atoms with Gasteiger partial charge in [-0.05, 0) is 50.8 Å². The largest absolute Gasteiger partial charge is 0.355 e. The maximum atomic E-state index is 12.8. The number of nitrogens with one attached hydrogen (secondary N) is 1. The van der Waals surface area contributed by atoms with E-state index in [0.29, 0.717) is 37.5 Å². The summed E-state index contributed by atoms with van der Waals surface area (Å²) in [5.74, 6) is -0.348. The number of benzene rings is 1. The van der Waals surface area contributed by atoms with E-state index in [9.17, 15) is 18.0 Å². The molecule has 0 aromatic heterocycles. The Bertz CT molecular complexity index is 844. The minimum atomic E-state index is -3.44. The zero-order chi connectivity index (χ0) is 21.7. The number of hydrogen-bond donors (Lipinski definition) is 1. The molecule has 7 nitrogen and oxygen atoms in total. The molecule has 2 amide bonds. The average Bonchev–Trinajstić information content (AvgIpc) is 2.91. The maximum Gasteiger partial charge on any atom is 0.243 e. The second kappa shape index (κ2) is 9.92. The van der Waals surface area contributed by atoms with Crippen molar-refractivity contribution in [1.82, 2.24) is 14.5 Å². The molecule has 0 aliphatic carbocycles. The molecule has 1 N–H and O–H groups in total. The number of likely N-dealkylation sites (tertiary alicyclic amines) is 1. The maximum absolute atomic E-state index is 12.8. The summed E-state index contributed by atoms with van der Waals surface area (Å²) >= 11 is 0. The Hall–Kier alpha value is -1.93. The molecule has 2 heterocycles. The van der Waals surface area contributed by atoms with Crippen LogP contribution in [-0.2, 0) is 26.0 Å². The van der Waals surface area contributed by atoms with Crippen LogP contribution < -0.4 is 5.32 Å². The van der Waals surface area contributed by atoms with Crippen LogP contribution >= 0.6 is 0 Å². The number of carbonyl (C=O) groups is 2. The minimum Gasteiger partial charge on any atom is -0.355 e. The smallest absolute Gasteiger partial charge is 0.243 e. The third-order valence-electron chi connectivity index (χ3n) is 5.99. The topological polar surface area (TPSA) is 86.8 Å². The molecular formula is C22H33N3O4S. The van der Waals surface area contributed by atoms with Gasteiger partial charge >= 0.3 is 0 Å². The monoisotopic (exact) mass is 435 g/mol. The van der Waals surface area contributed by atoms with Crippen LogP contribution in [0.1, 0.15) is 51.5 Å². The van der Waals surface area contributed by atoms with E-state index in [-0.39, 0.29) is 30.2 Å². The van der Waals surface area contributed by atoms with Crippen LogP contribution in [0.15, 0.2) is 29.2 Å². The molecule has 166 valence electrons. The van der Waals surface area contributed by atoms with Crippen LogP contribution in [0.3, 0.4) is 0 Å². The van der Waals surface area contributed by atoms with E-state index in [1.165, 1.54) is 0 Å². The Labute approximate surface area is 179 Å². The van der Waals surface area contributed by atoms with Gasteiger partial charge in [-0.1, -0.05) is 25.0 Å². The summed E-state index contributed by atoms with van der Waals surface area (Å²) in [5.41, 5.74) is 0.969. The zero-order valence-electron chi connectivity index (χ0n) is 18.0. The first-order chi connectivity index (χ1) is 14.3. The number of hydrogen-bond acceptors (Lipinski definition) is 4. The van der Waals surface area contributed by atoms with Crippen LogP contribution in [0.5, 0.6) is 0 Å². The van der Waals surface area contributed by atoms with Crippen LogP contribution in [0, 0.1) is 5.92 Å². The summed E-state index contributed by atoms with van der Waals surface area (Å²) in [6.07, 6.45) is 4.89. The summed E-state index contributed by atoms with van der Waals surface area (Å²) in [4.78, 5) is 26.4. The summed E-state index contributed by atoms with van der Waals surface area (Å²) in [7, 11) is -3.44. The molecule has 1 aromatic rings. The van der Waals surface area contributed by atoms with Crippen molar-refractivity contribution in [3.05, 3.63) is 29.8 Å². The van der Waals surface area contributed by atoms with E-state index in [1.807, 2.05) is 26.0 Å². The van der Waals surface area contributed by atoms with E-state index in [4.69, 9.17) is 0 Å². The second-order valence-corrected chi connectivity index (χ2v) is 10.5. The SMILES string of the molecule is CC(C)N1CC(C(=O)NCCc2ccc(S(=O)(=O)N3CCCCCC3)cc2)CC1=O. The highest BCUT2D eigenvalue weighted by Crippen LogP contribution is 2.22. The summed E-state index contributed by atoms with van der Waals surface area (Å²) in [6, 6.07) is 7.06. The number of carbonyl (C=O) groups excluding carboxylic acids is 2. The van der Waals surface area contributed by atoms with Crippen molar-refractivity contribution in [3.63, 3.8) is 0 Å². The first-order valence-electron chi connectivity index (χ1n) is 11.0.